The van der Waals surface area contributed by atoms with Gasteiger partial charge < -0.3 is 4.74 Å². The van der Waals surface area contributed by atoms with E-state index >= 15 is 0 Å². The quantitative estimate of drug-likeness (QED) is 0.351. The highest BCUT2D eigenvalue weighted by Gasteiger charge is 2.15. The van der Waals surface area contributed by atoms with Gasteiger partial charge in [-0.25, -0.2) is 4.79 Å². The molecule has 0 unspecified atom stereocenters. The van der Waals surface area contributed by atoms with Gasteiger partial charge in [-0.3, -0.25) is 4.79 Å². The predicted molar refractivity (Wildman–Crippen MR) is 66.4 cm³/mol. The molecule has 0 aromatic heterocycles. The molecule has 0 aliphatic carbocycles. The Balaban J connectivity index is 3.05. The number of nitriles is 1. The van der Waals surface area contributed by atoms with Crippen molar-refractivity contribution >= 4 is 17.8 Å². The number of ether oxygens (including phenoxy) is 1. The smallest absolute Gasteiger partial charge is 0.341 e. The Kier molecular flexibility index (Phi) is 4.82. The predicted octanol–water partition coefficient (Wildman–Crippen LogP) is 2.09. The van der Waals surface area contributed by atoms with Crippen LogP contribution >= 0.6 is 0 Å². The number of hydrogen-bond acceptors (Lipinski definition) is 4. The van der Waals surface area contributed by atoms with Gasteiger partial charge in [0.25, 0.3) is 0 Å². The number of carbonyl (C=O) groups is 2. The van der Waals surface area contributed by atoms with Gasteiger partial charge in [-0.2, -0.15) is 5.26 Å². The third-order valence-electron chi connectivity index (χ3n) is 2.23. The molecule has 0 saturated carbocycles. The lowest BCUT2D eigenvalue weighted by Crippen LogP contribution is -2.13. The standard InChI is InChI=1S/C14H13NO3/c1-3-18-14(17)13(10(2)16)8-11-4-6-12(9-15)7-5-11/h4-8H,3H2,1-2H3/b13-8-. The lowest BCUT2D eigenvalue weighted by atomic mass is 10.1. The molecule has 0 fully saturated rings. The Labute approximate surface area is 105 Å². The first-order valence-electron chi connectivity index (χ1n) is 5.48. The third-order valence-corrected chi connectivity index (χ3v) is 2.23. The van der Waals surface area contributed by atoms with Gasteiger partial charge in [-0.05, 0) is 37.6 Å². The number of ketones is 1. The van der Waals surface area contributed by atoms with Crippen molar-refractivity contribution in [3.05, 3.63) is 41.0 Å². The van der Waals surface area contributed by atoms with E-state index in [1.165, 1.54) is 13.0 Å². The maximum absolute atomic E-state index is 11.5. The normalized spacial score (nSPS) is 10.6. The second-order valence-corrected chi connectivity index (χ2v) is 3.57. The van der Waals surface area contributed by atoms with E-state index in [0.717, 1.165) is 0 Å². The first-order valence-corrected chi connectivity index (χ1v) is 5.48. The first-order chi connectivity index (χ1) is 8.58. The molecule has 0 heterocycles. The number of benzene rings is 1. The summed E-state index contributed by atoms with van der Waals surface area (Å²) in [6, 6.07) is 8.57. The van der Waals surface area contributed by atoms with Crippen LogP contribution < -0.4 is 0 Å². The Morgan fingerprint density at radius 1 is 1.33 bits per heavy atom. The average molecular weight is 243 g/mol. The zero-order valence-corrected chi connectivity index (χ0v) is 10.3. The van der Waals surface area contributed by atoms with Gasteiger partial charge in [0, 0.05) is 0 Å². The minimum atomic E-state index is -0.630. The zero-order valence-electron chi connectivity index (χ0n) is 10.3. The van der Waals surface area contributed by atoms with Crippen LogP contribution in [0.15, 0.2) is 29.8 Å². The van der Waals surface area contributed by atoms with Crippen molar-refractivity contribution in [3.8, 4) is 6.07 Å². The molecule has 4 nitrogen and oxygen atoms in total. The summed E-state index contributed by atoms with van der Waals surface area (Å²) in [7, 11) is 0. The second kappa shape index (κ2) is 6.36. The summed E-state index contributed by atoms with van der Waals surface area (Å²) in [4.78, 5) is 22.9. The van der Waals surface area contributed by atoms with Gasteiger partial charge in [0.15, 0.2) is 5.78 Å². The summed E-state index contributed by atoms with van der Waals surface area (Å²) >= 11 is 0. The highest BCUT2D eigenvalue weighted by molar-refractivity contribution is 6.19. The van der Waals surface area contributed by atoms with Gasteiger partial charge in [0.1, 0.15) is 5.57 Å². The molecule has 0 aliphatic heterocycles. The Hall–Kier alpha value is -2.41. The van der Waals surface area contributed by atoms with Crippen LogP contribution in [0, 0.1) is 11.3 Å². The molecule has 4 heteroatoms. The number of Topliss-reactive ketones (excluding diaryl/α,β-unsaturated/α-hetero) is 1. The van der Waals surface area contributed by atoms with E-state index in [0.29, 0.717) is 11.1 Å². The maximum atomic E-state index is 11.5. The van der Waals surface area contributed by atoms with E-state index in [1.54, 1.807) is 31.2 Å². The average Bonchev–Trinajstić information content (AvgIpc) is 2.36. The van der Waals surface area contributed by atoms with Gasteiger partial charge >= 0.3 is 5.97 Å². The van der Waals surface area contributed by atoms with E-state index in [9.17, 15) is 9.59 Å². The lowest BCUT2D eigenvalue weighted by Gasteiger charge is -2.03. The first kappa shape index (κ1) is 13.7. The largest absolute Gasteiger partial charge is 0.462 e. The Bertz CT molecular complexity index is 521. The summed E-state index contributed by atoms with van der Waals surface area (Å²) in [5.41, 5.74) is 1.20. The molecule has 0 radical (unpaired) electrons. The lowest BCUT2D eigenvalue weighted by molar-refractivity contribution is -0.139. The van der Waals surface area contributed by atoms with E-state index in [-0.39, 0.29) is 18.0 Å². The van der Waals surface area contributed by atoms with Crippen molar-refractivity contribution in [2.75, 3.05) is 6.61 Å². The molecule has 0 amide bonds. The Morgan fingerprint density at radius 2 is 1.94 bits per heavy atom. The highest BCUT2D eigenvalue weighted by atomic mass is 16.5. The van der Waals surface area contributed by atoms with Crippen LogP contribution in [-0.4, -0.2) is 18.4 Å². The summed E-state index contributed by atoms with van der Waals surface area (Å²) in [5.74, 6) is -0.979. The van der Waals surface area contributed by atoms with Crippen molar-refractivity contribution in [3.63, 3.8) is 0 Å². The van der Waals surface area contributed by atoms with Gasteiger partial charge in [-0.15, -0.1) is 0 Å². The van der Waals surface area contributed by atoms with Crippen LogP contribution in [0.5, 0.6) is 0 Å². The molecule has 0 aliphatic rings. The van der Waals surface area contributed by atoms with Crippen molar-refractivity contribution in [1.82, 2.24) is 0 Å². The van der Waals surface area contributed by atoms with Crippen LogP contribution in [0.1, 0.15) is 25.0 Å². The molecular formula is C14H13NO3. The molecule has 0 bridgehead atoms. The fourth-order valence-corrected chi connectivity index (χ4v) is 1.33. The molecule has 0 atom stereocenters. The highest BCUT2D eigenvalue weighted by Crippen LogP contribution is 2.11. The summed E-state index contributed by atoms with van der Waals surface area (Å²) < 4.78 is 4.80. The zero-order chi connectivity index (χ0) is 13.5. The van der Waals surface area contributed by atoms with E-state index in [4.69, 9.17) is 10.00 Å². The topological polar surface area (TPSA) is 67.2 Å². The molecule has 1 rings (SSSR count). The second-order valence-electron chi connectivity index (χ2n) is 3.57. The van der Waals surface area contributed by atoms with E-state index < -0.39 is 5.97 Å². The van der Waals surface area contributed by atoms with Crippen LogP contribution in [0.4, 0.5) is 0 Å². The number of esters is 1. The molecule has 18 heavy (non-hydrogen) atoms. The monoisotopic (exact) mass is 243 g/mol. The summed E-state index contributed by atoms with van der Waals surface area (Å²) in [5, 5.41) is 8.66. The molecule has 1 aromatic carbocycles. The van der Waals surface area contributed by atoms with Gasteiger partial charge in [-0.1, -0.05) is 12.1 Å². The van der Waals surface area contributed by atoms with Crippen LogP contribution in [0.25, 0.3) is 6.08 Å². The van der Waals surface area contributed by atoms with Gasteiger partial charge in [0.05, 0.1) is 18.2 Å². The SMILES string of the molecule is CCOC(=O)/C(=C\c1ccc(C#N)cc1)C(C)=O. The number of rotatable bonds is 4. The van der Waals surface area contributed by atoms with Crippen LogP contribution in [-0.2, 0) is 14.3 Å². The van der Waals surface area contributed by atoms with Crippen molar-refractivity contribution in [2.24, 2.45) is 0 Å². The molecular weight excluding hydrogens is 230 g/mol. The molecule has 92 valence electrons. The number of nitrogens with zero attached hydrogens (tertiary/aromatic N) is 1. The molecule has 0 spiro atoms. The Morgan fingerprint density at radius 3 is 2.39 bits per heavy atom. The molecule has 0 N–H and O–H groups in total. The van der Waals surface area contributed by atoms with Crippen molar-refractivity contribution in [1.29, 1.82) is 5.26 Å². The summed E-state index contributed by atoms with van der Waals surface area (Å²) in [6.07, 6.45) is 1.46. The minimum Gasteiger partial charge on any atom is -0.462 e. The van der Waals surface area contributed by atoms with Crippen molar-refractivity contribution < 1.29 is 14.3 Å². The fraction of sp³-hybridized carbons (Fsp3) is 0.214. The number of hydrogen-bond donors (Lipinski definition) is 0. The van der Waals surface area contributed by atoms with Crippen molar-refractivity contribution in [2.45, 2.75) is 13.8 Å². The van der Waals surface area contributed by atoms with Gasteiger partial charge in [0.2, 0.25) is 0 Å². The molecule has 1 aromatic rings. The molecule has 0 saturated heterocycles. The maximum Gasteiger partial charge on any atom is 0.341 e. The third kappa shape index (κ3) is 3.56. The summed E-state index contributed by atoms with van der Waals surface area (Å²) in [6.45, 7) is 3.21. The van der Waals surface area contributed by atoms with E-state index in [1.807, 2.05) is 6.07 Å². The fourth-order valence-electron chi connectivity index (χ4n) is 1.33. The minimum absolute atomic E-state index is 0.00144. The number of carbonyl (C=O) groups excluding carboxylic acids is 2. The van der Waals surface area contributed by atoms with Crippen LogP contribution in [0.3, 0.4) is 0 Å². The van der Waals surface area contributed by atoms with Crippen LogP contribution in [0.2, 0.25) is 0 Å². The van der Waals surface area contributed by atoms with E-state index in [2.05, 4.69) is 0 Å².